The van der Waals surface area contributed by atoms with Crippen LogP contribution in [0.2, 0.25) is 0 Å². The fraction of sp³-hybridized carbons (Fsp3) is 0.412. The molecule has 1 fully saturated rings. The number of carbonyl (C=O) groups excluding carboxylic acids is 1. The van der Waals surface area contributed by atoms with Gasteiger partial charge in [0.2, 0.25) is 0 Å². The van der Waals surface area contributed by atoms with Crippen LogP contribution in [0.25, 0.3) is 5.69 Å². The number of carbonyl (C=O) groups is 1. The molecule has 0 spiro atoms. The molecule has 1 aromatic carbocycles. The normalized spacial score (nSPS) is 19.0. The molecule has 1 saturated heterocycles. The van der Waals surface area contributed by atoms with Gasteiger partial charge in [-0.05, 0) is 43.4 Å². The maximum atomic E-state index is 12.3. The Morgan fingerprint density at radius 2 is 2.16 bits per heavy atom. The zero-order chi connectivity index (χ0) is 18.2. The monoisotopic (exact) mass is 363 g/mol. The van der Waals surface area contributed by atoms with Crippen LogP contribution in [0, 0.1) is 19.8 Å². The van der Waals surface area contributed by atoms with Gasteiger partial charge in [0.25, 0.3) is 5.91 Å². The summed E-state index contributed by atoms with van der Waals surface area (Å²) in [6, 6.07) is 5.72. The van der Waals surface area contributed by atoms with Crippen molar-refractivity contribution in [3.8, 4) is 11.4 Å². The van der Waals surface area contributed by atoms with E-state index in [-0.39, 0.29) is 35.4 Å². The van der Waals surface area contributed by atoms with Crippen molar-refractivity contribution >= 4 is 15.7 Å². The van der Waals surface area contributed by atoms with E-state index >= 15 is 0 Å². The van der Waals surface area contributed by atoms with Gasteiger partial charge < -0.3 is 10.4 Å². The van der Waals surface area contributed by atoms with Gasteiger partial charge in [-0.2, -0.15) is 5.10 Å². The molecule has 8 heteroatoms. The number of sulfone groups is 1. The van der Waals surface area contributed by atoms with Crippen LogP contribution in [0.15, 0.2) is 24.4 Å². The average molecular weight is 363 g/mol. The fourth-order valence-electron chi connectivity index (χ4n) is 2.99. The minimum atomic E-state index is -2.98. The highest BCUT2D eigenvalue weighted by Crippen LogP contribution is 2.22. The van der Waals surface area contributed by atoms with Gasteiger partial charge in [-0.1, -0.05) is 12.1 Å². The largest absolute Gasteiger partial charge is 0.504 e. The Labute approximate surface area is 146 Å². The Hall–Kier alpha value is -2.35. The highest BCUT2D eigenvalue weighted by Gasteiger charge is 2.28. The smallest absolute Gasteiger partial charge is 0.275 e. The van der Waals surface area contributed by atoms with Crippen LogP contribution in [-0.4, -0.2) is 47.3 Å². The zero-order valence-corrected chi connectivity index (χ0v) is 15.0. The molecular formula is C17H21N3O4S. The molecule has 3 rings (SSSR count). The first-order valence-electron chi connectivity index (χ1n) is 8.10. The maximum Gasteiger partial charge on any atom is 0.275 e. The van der Waals surface area contributed by atoms with Crippen molar-refractivity contribution in [2.45, 2.75) is 20.3 Å². The molecular weight excluding hydrogens is 342 g/mol. The second-order valence-corrected chi connectivity index (χ2v) is 8.73. The first-order valence-corrected chi connectivity index (χ1v) is 9.93. The van der Waals surface area contributed by atoms with Gasteiger partial charge in [0, 0.05) is 6.54 Å². The summed E-state index contributed by atoms with van der Waals surface area (Å²) in [7, 11) is -2.98. The maximum absolute atomic E-state index is 12.3. The van der Waals surface area contributed by atoms with Crippen LogP contribution in [-0.2, 0) is 9.84 Å². The molecule has 7 nitrogen and oxygen atoms in total. The predicted molar refractivity (Wildman–Crippen MR) is 93.8 cm³/mol. The van der Waals surface area contributed by atoms with E-state index in [1.807, 2.05) is 32.0 Å². The minimum Gasteiger partial charge on any atom is -0.504 e. The van der Waals surface area contributed by atoms with Gasteiger partial charge in [0.1, 0.15) is 0 Å². The summed E-state index contributed by atoms with van der Waals surface area (Å²) >= 11 is 0. The second-order valence-electron chi connectivity index (χ2n) is 6.51. The lowest BCUT2D eigenvalue weighted by atomic mass is 10.1. The lowest BCUT2D eigenvalue weighted by molar-refractivity contribution is 0.0940. The van der Waals surface area contributed by atoms with E-state index in [1.165, 1.54) is 10.9 Å². The van der Waals surface area contributed by atoms with Gasteiger partial charge in [0.15, 0.2) is 21.3 Å². The van der Waals surface area contributed by atoms with Gasteiger partial charge >= 0.3 is 0 Å². The van der Waals surface area contributed by atoms with Crippen molar-refractivity contribution < 1.29 is 18.3 Å². The van der Waals surface area contributed by atoms with Gasteiger partial charge in [-0.15, -0.1) is 0 Å². The van der Waals surface area contributed by atoms with Crippen LogP contribution < -0.4 is 5.32 Å². The predicted octanol–water partition coefficient (Wildman–Crippen LogP) is 1.36. The van der Waals surface area contributed by atoms with Crippen LogP contribution in [0.4, 0.5) is 0 Å². The highest BCUT2D eigenvalue weighted by molar-refractivity contribution is 7.91. The molecule has 0 bridgehead atoms. The van der Waals surface area contributed by atoms with Crippen LogP contribution >= 0.6 is 0 Å². The van der Waals surface area contributed by atoms with Crippen molar-refractivity contribution in [3.05, 3.63) is 41.2 Å². The van der Waals surface area contributed by atoms with Gasteiger partial charge in [0.05, 0.1) is 23.4 Å². The summed E-state index contributed by atoms with van der Waals surface area (Å²) < 4.78 is 24.4. The molecule has 0 unspecified atom stereocenters. The number of aromatic hydroxyl groups is 1. The summed E-state index contributed by atoms with van der Waals surface area (Å²) in [5, 5.41) is 16.9. The third-order valence-electron chi connectivity index (χ3n) is 4.61. The number of hydrogen-bond donors (Lipinski definition) is 2. The number of aryl methyl sites for hydroxylation is 1. The van der Waals surface area contributed by atoms with E-state index in [4.69, 9.17) is 0 Å². The summed E-state index contributed by atoms with van der Waals surface area (Å²) in [5.74, 6) is -0.545. The molecule has 25 heavy (non-hydrogen) atoms. The molecule has 134 valence electrons. The van der Waals surface area contributed by atoms with Gasteiger partial charge in [-0.25, -0.2) is 13.1 Å². The molecule has 2 aromatic rings. The summed E-state index contributed by atoms with van der Waals surface area (Å²) in [5.41, 5.74) is 2.81. The lowest BCUT2D eigenvalue weighted by Gasteiger charge is -2.09. The van der Waals surface area contributed by atoms with Crippen molar-refractivity contribution in [2.75, 3.05) is 18.1 Å². The Kier molecular flexibility index (Phi) is 4.55. The molecule has 2 heterocycles. The molecule has 0 aliphatic carbocycles. The molecule has 1 aliphatic rings. The molecule has 1 aliphatic heterocycles. The van der Waals surface area contributed by atoms with E-state index in [1.54, 1.807) is 0 Å². The van der Waals surface area contributed by atoms with Crippen molar-refractivity contribution in [3.63, 3.8) is 0 Å². The van der Waals surface area contributed by atoms with Crippen molar-refractivity contribution in [1.29, 1.82) is 0 Å². The van der Waals surface area contributed by atoms with Crippen LogP contribution in [0.3, 0.4) is 0 Å². The molecule has 0 radical (unpaired) electrons. The SMILES string of the molecule is Cc1cccc(-n2cc(O)c(C(=O)NC[C@@H]3CCS(=O)(=O)C3)n2)c1C. The first kappa shape index (κ1) is 17.5. The van der Waals surface area contributed by atoms with E-state index < -0.39 is 15.7 Å². The number of aromatic nitrogens is 2. The molecule has 1 atom stereocenters. The summed E-state index contributed by atoms with van der Waals surface area (Å²) in [4.78, 5) is 12.3. The molecule has 1 aromatic heterocycles. The van der Waals surface area contributed by atoms with E-state index in [2.05, 4.69) is 10.4 Å². The Morgan fingerprint density at radius 3 is 2.84 bits per heavy atom. The molecule has 1 amide bonds. The second kappa shape index (κ2) is 6.51. The fourth-order valence-corrected chi connectivity index (χ4v) is 4.85. The Bertz CT molecular complexity index is 918. The highest BCUT2D eigenvalue weighted by atomic mass is 32.2. The van der Waals surface area contributed by atoms with Crippen LogP contribution in [0.1, 0.15) is 28.0 Å². The minimum absolute atomic E-state index is 0.0678. The van der Waals surface area contributed by atoms with Crippen molar-refractivity contribution in [2.24, 2.45) is 5.92 Å². The van der Waals surface area contributed by atoms with E-state index in [9.17, 15) is 18.3 Å². The summed E-state index contributed by atoms with van der Waals surface area (Å²) in [6.45, 7) is 4.18. The Morgan fingerprint density at radius 1 is 1.40 bits per heavy atom. The van der Waals surface area contributed by atoms with Gasteiger partial charge in [-0.3, -0.25) is 4.79 Å². The van der Waals surface area contributed by atoms with Crippen molar-refractivity contribution in [1.82, 2.24) is 15.1 Å². The quantitative estimate of drug-likeness (QED) is 0.854. The first-order chi connectivity index (χ1) is 11.8. The number of rotatable bonds is 4. The number of nitrogens with one attached hydrogen (secondary N) is 1. The number of nitrogens with zero attached hydrogens (tertiary/aromatic N) is 2. The Balaban J connectivity index is 1.74. The lowest BCUT2D eigenvalue weighted by Crippen LogP contribution is -2.30. The number of benzene rings is 1. The standard InChI is InChI=1S/C17H21N3O4S/c1-11-4-3-5-14(12(11)2)20-9-15(21)16(19-20)17(22)18-8-13-6-7-25(23,24)10-13/h3-5,9,13,21H,6-8,10H2,1-2H3,(H,18,22)/t13-/m0/s1. The average Bonchev–Trinajstić information content (AvgIpc) is 3.10. The summed E-state index contributed by atoms with van der Waals surface area (Å²) in [6.07, 6.45) is 1.95. The number of hydrogen-bond acceptors (Lipinski definition) is 5. The zero-order valence-electron chi connectivity index (χ0n) is 14.2. The molecule has 0 saturated carbocycles. The molecule has 2 N–H and O–H groups in total. The van der Waals surface area contributed by atoms with E-state index in [0.29, 0.717) is 6.42 Å². The third-order valence-corrected chi connectivity index (χ3v) is 6.45. The topological polar surface area (TPSA) is 101 Å². The number of amides is 1. The third kappa shape index (κ3) is 3.68. The van der Waals surface area contributed by atoms with E-state index in [0.717, 1.165) is 16.8 Å². The van der Waals surface area contributed by atoms with Crippen LogP contribution in [0.5, 0.6) is 5.75 Å².